The second-order valence-corrected chi connectivity index (χ2v) is 10.5. The van der Waals surface area contributed by atoms with E-state index < -0.39 is 0 Å². The van der Waals surface area contributed by atoms with Crippen LogP contribution in [0.4, 0.5) is 0 Å². The summed E-state index contributed by atoms with van der Waals surface area (Å²) in [5.74, 6) is 0. The van der Waals surface area contributed by atoms with E-state index in [0.29, 0.717) is 5.52 Å². The molecule has 0 saturated heterocycles. The number of rotatable bonds is 7. The largest absolute Gasteiger partial charge is 0.346 e. The maximum Gasteiger partial charge on any atom is 0.272 e. The third-order valence-corrected chi connectivity index (χ3v) is 8.35. The summed E-state index contributed by atoms with van der Waals surface area (Å²) in [5.41, 5.74) is 7.21. The van der Waals surface area contributed by atoms with Crippen molar-refractivity contribution in [3.05, 3.63) is 94.4 Å². The minimum Gasteiger partial charge on any atom is -0.346 e. The van der Waals surface area contributed by atoms with Crippen molar-refractivity contribution in [2.45, 2.75) is 63.6 Å². The number of fused-ring (bicyclic) bond motifs is 2. The zero-order valence-electron chi connectivity index (χ0n) is 20.4. The molecule has 2 fully saturated rings. The summed E-state index contributed by atoms with van der Waals surface area (Å²) in [7, 11) is 0. The zero-order valence-corrected chi connectivity index (χ0v) is 20.4. The van der Waals surface area contributed by atoms with Crippen LogP contribution in [0, 0.1) is 0 Å². The average Bonchev–Trinajstić information content (AvgIpc) is 3.45. The highest BCUT2D eigenvalue weighted by Crippen LogP contribution is 2.35. The van der Waals surface area contributed by atoms with Gasteiger partial charge in [-0.1, -0.05) is 37.1 Å². The van der Waals surface area contributed by atoms with Crippen molar-refractivity contribution in [2.24, 2.45) is 0 Å². The summed E-state index contributed by atoms with van der Waals surface area (Å²) < 4.78 is 2.03. The summed E-state index contributed by atoms with van der Waals surface area (Å²) in [5, 5.41) is 1.06. The lowest BCUT2D eigenvalue weighted by atomic mass is 9.84. The Labute approximate surface area is 210 Å². The molecule has 1 aromatic carbocycles. The Kier molecular flexibility index (Phi) is 5.28. The van der Waals surface area contributed by atoms with Crippen LogP contribution in [0.5, 0.6) is 0 Å². The molecule has 0 atom stereocenters. The lowest BCUT2D eigenvalue weighted by molar-refractivity contribution is 0.0332. The number of aromatic nitrogens is 4. The summed E-state index contributed by atoms with van der Waals surface area (Å²) in [4.78, 5) is 26.0. The second kappa shape index (κ2) is 8.79. The first kappa shape index (κ1) is 21.6. The Morgan fingerprint density at radius 2 is 1.69 bits per heavy atom. The molecule has 0 aliphatic heterocycles. The van der Waals surface area contributed by atoms with E-state index in [1.54, 1.807) is 6.20 Å². The monoisotopic (exact) mass is 477 g/mol. The highest BCUT2D eigenvalue weighted by Gasteiger charge is 2.33. The molecule has 0 unspecified atom stereocenters. The number of pyridine rings is 1. The molecule has 6 heteroatoms. The van der Waals surface area contributed by atoms with Gasteiger partial charge in [-0.25, -0.2) is 4.98 Å². The fourth-order valence-electron chi connectivity index (χ4n) is 5.82. The van der Waals surface area contributed by atoms with Crippen LogP contribution in [0.2, 0.25) is 0 Å². The maximum absolute atomic E-state index is 12.6. The quantitative estimate of drug-likeness (QED) is 0.317. The first-order valence-corrected chi connectivity index (χ1v) is 13.2. The van der Waals surface area contributed by atoms with Gasteiger partial charge in [0.05, 0.1) is 0 Å². The van der Waals surface area contributed by atoms with Crippen molar-refractivity contribution in [2.75, 3.05) is 0 Å². The molecule has 2 aliphatic rings. The van der Waals surface area contributed by atoms with Crippen molar-refractivity contribution >= 4 is 16.6 Å². The molecular formula is C30H31N5O. The van der Waals surface area contributed by atoms with Crippen molar-refractivity contribution in [1.29, 1.82) is 0 Å². The van der Waals surface area contributed by atoms with Crippen LogP contribution in [0.1, 0.15) is 55.3 Å². The smallest absolute Gasteiger partial charge is 0.272 e. The molecule has 0 spiro atoms. The van der Waals surface area contributed by atoms with Gasteiger partial charge in [0.25, 0.3) is 5.56 Å². The molecule has 7 rings (SSSR count). The molecule has 4 aromatic heterocycles. The SMILES string of the molecule is O=c1[nH]cc(Cc2ccc(CN(C3CCC3)C3CCC3)cc2)n2cc(-c3c[nH]c4ncccc34)cc12. The molecule has 6 nitrogen and oxygen atoms in total. The van der Waals surface area contributed by atoms with E-state index in [9.17, 15) is 4.79 Å². The van der Waals surface area contributed by atoms with E-state index in [2.05, 4.69) is 56.4 Å². The summed E-state index contributed by atoms with van der Waals surface area (Å²) in [6.07, 6.45) is 16.7. The van der Waals surface area contributed by atoms with Gasteiger partial charge in [-0.2, -0.15) is 0 Å². The van der Waals surface area contributed by atoms with Gasteiger partial charge in [-0.15, -0.1) is 0 Å². The predicted octanol–water partition coefficient (Wildman–Crippen LogP) is 5.67. The molecule has 2 saturated carbocycles. The molecule has 2 N–H and O–H groups in total. The van der Waals surface area contributed by atoms with E-state index in [0.717, 1.165) is 52.9 Å². The minimum absolute atomic E-state index is 0.0783. The predicted molar refractivity (Wildman–Crippen MR) is 143 cm³/mol. The molecule has 0 amide bonds. The van der Waals surface area contributed by atoms with Crippen molar-refractivity contribution in [1.82, 2.24) is 24.3 Å². The lowest BCUT2D eigenvalue weighted by Gasteiger charge is -2.46. The molecule has 182 valence electrons. The lowest BCUT2D eigenvalue weighted by Crippen LogP contribution is -2.48. The van der Waals surface area contributed by atoms with Gasteiger partial charge in [0.2, 0.25) is 0 Å². The molecule has 0 radical (unpaired) electrons. The Balaban J connectivity index is 1.15. The topological polar surface area (TPSA) is 69.2 Å². The van der Waals surface area contributed by atoms with Crippen LogP contribution < -0.4 is 5.56 Å². The van der Waals surface area contributed by atoms with Gasteiger partial charge in [0, 0.05) is 72.0 Å². The van der Waals surface area contributed by atoms with Gasteiger partial charge in [-0.05, 0) is 55.0 Å². The van der Waals surface area contributed by atoms with Crippen LogP contribution in [-0.4, -0.2) is 36.3 Å². The fraction of sp³-hybridized carbons (Fsp3) is 0.333. The molecule has 36 heavy (non-hydrogen) atoms. The Morgan fingerprint density at radius 3 is 2.42 bits per heavy atom. The Hall–Kier alpha value is -3.64. The van der Waals surface area contributed by atoms with Crippen LogP contribution in [0.3, 0.4) is 0 Å². The van der Waals surface area contributed by atoms with Crippen LogP contribution in [0.25, 0.3) is 27.7 Å². The van der Waals surface area contributed by atoms with Crippen molar-refractivity contribution in [3.63, 3.8) is 0 Å². The third kappa shape index (κ3) is 3.77. The van der Waals surface area contributed by atoms with Gasteiger partial charge in [0.15, 0.2) is 0 Å². The highest BCUT2D eigenvalue weighted by atomic mass is 16.1. The van der Waals surface area contributed by atoms with E-state index in [1.807, 2.05) is 28.9 Å². The fourth-order valence-corrected chi connectivity index (χ4v) is 5.82. The molecule has 5 aromatic rings. The summed E-state index contributed by atoms with van der Waals surface area (Å²) in [6.45, 7) is 1.07. The normalized spacial score (nSPS) is 16.6. The Morgan fingerprint density at radius 1 is 0.944 bits per heavy atom. The van der Waals surface area contributed by atoms with E-state index in [1.165, 1.54) is 49.7 Å². The third-order valence-electron chi connectivity index (χ3n) is 8.35. The minimum atomic E-state index is -0.0783. The average molecular weight is 478 g/mol. The van der Waals surface area contributed by atoms with Crippen LogP contribution in [0.15, 0.2) is 72.0 Å². The van der Waals surface area contributed by atoms with Gasteiger partial charge in [-0.3, -0.25) is 9.69 Å². The van der Waals surface area contributed by atoms with Gasteiger partial charge in [0.1, 0.15) is 11.2 Å². The molecule has 4 heterocycles. The number of hydrogen-bond acceptors (Lipinski definition) is 3. The van der Waals surface area contributed by atoms with Gasteiger partial charge >= 0.3 is 0 Å². The van der Waals surface area contributed by atoms with Crippen molar-refractivity contribution < 1.29 is 0 Å². The number of nitrogens with one attached hydrogen (secondary N) is 2. The van der Waals surface area contributed by atoms with E-state index in [-0.39, 0.29) is 5.56 Å². The van der Waals surface area contributed by atoms with Crippen LogP contribution in [-0.2, 0) is 13.0 Å². The van der Waals surface area contributed by atoms with E-state index >= 15 is 0 Å². The van der Waals surface area contributed by atoms with E-state index in [4.69, 9.17) is 0 Å². The number of benzene rings is 1. The number of aromatic amines is 2. The summed E-state index contributed by atoms with van der Waals surface area (Å²) >= 11 is 0. The zero-order chi connectivity index (χ0) is 24.1. The first-order chi connectivity index (χ1) is 17.7. The first-order valence-electron chi connectivity index (χ1n) is 13.2. The Bertz CT molecular complexity index is 1570. The number of H-pyrrole nitrogens is 2. The molecule has 2 aliphatic carbocycles. The summed E-state index contributed by atoms with van der Waals surface area (Å²) in [6, 6.07) is 16.6. The number of hydrogen-bond donors (Lipinski definition) is 2. The maximum atomic E-state index is 12.6. The number of nitrogens with zero attached hydrogens (tertiary/aromatic N) is 3. The molecule has 0 bridgehead atoms. The standard InChI is InChI=1S/C30H31N5O/c36-30-28-15-22(27-17-32-29-26(27)8-3-13-31-29)19-35(28)25(16-33-30)14-20-9-11-21(12-10-20)18-34(23-4-1-5-23)24-6-2-7-24/h3,8-13,15-17,19,23-24H,1-2,4-7,14,18H2,(H,31,32)(H,33,36). The van der Waals surface area contributed by atoms with Crippen molar-refractivity contribution in [3.8, 4) is 11.1 Å². The van der Waals surface area contributed by atoms with Gasteiger partial charge < -0.3 is 14.4 Å². The highest BCUT2D eigenvalue weighted by molar-refractivity contribution is 5.94. The second-order valence-electron chi connectivity index (χ2n) is 10.5. The van der Waals surface area contributed by atoms with Crippen LogP contribution >= 0.6 is 0 Å². The molecular weight excluding hydrogens is 446 g/mol.